The summed E-state index contributed by atoms with van der Waals surface area (Å²) in [6, 6.07) is 0. The molecule has 1 aromatic heterocycles. The summed E-state index contributed by atoms with van der Waals surface area (Å²) in [6.07, 6.45) is 6.38. The molecule has 0 unspecified atom stereocenters. The third kappa shape index (κ3) is 3.93. The highest BCUT2D eigenvalue weighted by atomic mass is 16.1. The van der Waals surface area contributed by atoms with Gasteiger partial charge in [0.05, 0.1) is 12.4 Å². The first-order valence-electron chi connectivity index (χ1n) is 5.09. The largest absolute Gasteiger partial charge is 0.369 e. The van der Waals surface area contributed by atoms with Crippen LogP contribution in [0.4, 0.5) is 5.82 Å². The number of nitrogens with zero attached hydrogens (tertiary/aromatic N) is 2. The number of hydrogen-bond acceptors (Lipinski definition) is 4. The lowest BCUT2D eigenvalue weighted by atomic mass is 10.2. The van der Waals surface area contributed by atoms with Gasteiger partial charge in [-0.3, -0.25) is 9.78 Å². The van der Waals surface area contributed by atoms with Crippen molar-refractivity contribution < 1.29 is 4.79 Å². The van der Waals surface area contributed by atoms with Crippen molar-refractivity contribution in [1.82, 2.24) is 9.97 Å². The van der Waals surface area contributed by atoms with Gasteiger partial charge in [0.1, 0.15) is 11.5 Å². The van der Waals surface area contributed by atoms with E-state index < -0.39 is 5.91 Å². The lowest BCUT2D eigenvalue weighted by Gasteiger charge is -2.04. The summed E-state index contributed by atoms with van der Waals surface area (Å²) in [5, 5.41) is 3.09. The topological polar surface area (TPSA) is 80.9 Å². The SMILES string of the molecule is CCCCCNc1cncc(C(N)=O)n1. The van der Waals surface area contributed by atoms with Crippen LogP contribution < -0.4 is 11.1 Å². The van der Waals surface area contributed by atoms with Gasteiger partial charge in [0.25, 0.3) is 5.91 Å². The van der Waals surface area contributed by atoms with Crippen LogP contribution >= 0.6 is 0 Å². The first-order chi connectivity index (χ1) is 7.24. The predicted octanol–water partition coefficient (Wildman–Crippen LogP) is 1.18. The molecule has 0 bridgehead atoms. The van der Waals surface area contributed by atoms with Crippen LogP contribution in [-0.4, -0.2) is 22.4 Å². The maximum absolute atomic E-state index is 10.8. The Morgan fingerprint density at radius 2 is 2.27 bits per heavy atom. The molecule has 5 heteroatoms. The number of unbranched alkanes of at least 4 members (excludes halogenated alkanes) is 2. The summed E-state index contributed by atoms with van der Waals surface area (Å²) >= 11 is 0. The van der Waals surface area contributed by atoms with Gasteiger partial charge in [-0.05, 0) is 6.42 Å². The maximum Gasteiger partial charge on any atom is 0.268 e. The van der Waals surface area contributed by atoms with E-state index in [0.29, 0.717) is 5.82 Å². The molecule has 82 valence electrons. The molecule has 1 aromatic rings. The molecule has 15 heavy (non-hydrogen) atoms. The minimum Gasteiger partial charge on any atom is -0.369 e. The first-order valence-corrected chi connectivity index (χ1v) is 5.09. The normalized spacial score (nSPS) is 9.93. The minimum absolute atomic E-state index is 0.190. The average molecular weight is 208 g/mol. The zero-order valence-corrected chi connectivity index (χ0v) is 8.86. The minimum atomic E-state index is -0.556. The average Bonchev–Trinajstić information content (AvgIpc) is 2.25. The quantitative estimate of drug-likeness (QED) is 0.688. The van der Waals surface area contributed by atoms with Crippen molar-refractivity contribution in [3.05, 3.63) is 18.1 Å². The van der Waals surface area contributed by atoms with E-state index in [1.165, 1.54) is 19.0 Å². The van der Waals surface area contributed by atoms with Crippen LogP contribution in [0.3, 0.4) is 0 Å². The molecule has 0 aliphatic rings. The standard InChI is InChI=1S/C10H16N4O/c1-2-3-4-5-13-9-7-12-6-8(14-9)10(11)15/h6-7H,2-5H2,1H3,(H2,11,15)(H,13,14). The van der Waals surface area contributed by atoms with E-state index in [0.717, 1.165) is 13.0 Å². The summed E-state index contributed by atoms with van der Waals surface area (Å²) in [7, 11) is 0. The molecule has 0 radical (unpaired) electrons. The fourth-order valence-corrected chi connectivity index (χ4v) is 1.16. The highest BCUT2D eigenvalue weighted by Gasteiger charge is 2.03. The predicted molar refractivity (Wildman–Crippen MR) is 58.6 cm³/mol. The molecule has 0 saturated heterocycles. The number of hydrogen-bond donors (Lipinski definition) is 2. The molecule has 5 nitrogen and oxygen atoms in total. The fourth-order valence-electron chi connectivity index (χ4n) is 1.16. The number of anilines is 1. The number of amides is 1. The summed E-state index contributed by atoms with van der Waals surface area (Å²) in [5.41, 5.74) is 5.28. The van der Waals surface area contributed by atoms with E-state index >= 15 is 0 Å². The molecular formula is C10H16N4O. The van der Waals surface area contributed by atoms with Gasteiger partial charge in [0.2, 0.25) is 0 Å². The van der Waals surface area contributed by atoms with Gasteiger partial charge < -0.3 is 11.1 Å². The molecule has 3 N–H and O–H groups in total. The van der Waals surface area contributed by atoms with Crippen LogP contribution in [0.25, 0.3) is 0 Å². The molecule has 0 aliphatic heterocycles. The van der Waals surface area contributed by atoms with Gasteiger partial charge in [-0.15, -0.1) is 0 Å². The number of primary amides is 1. The number of carbonyl (C=O) groups is 1. The molecule has 1 amide bonds. The highest BCUT2D eigenvalue weighted by molar-refractivity contribution is 5.90. The van der Waals surface area contributed by atoms with Crippen LogP contribution in [0.15, 0.2) is 12.4 Å². The molecule has 1 heterocycles. The zero-order valence-electron chi connectivity index (χ0n) is 8.86. The lowest BCUT2D eigenvalue weighted by molar-refractivity contribution is 0.0995. The smallest absolute Gasteiger partial charge is 0.268 e. The lowest BCUT2D eigenvalue weighted by Crippen LogP contribution is -2.15. The third-order valence-electron chi connectivity index (χ3n) is 1.97. The molecule has 0 spiro atoms. The molecule has 0 atom stereocenters. The van der Waals surface area contributed by atoms with Gasteiger partial charge in [-0.1, -0.05) is 19.8 Å². The van der Waals surface area contributed by atoms with E-state index in [1.807, 2.05) is 0 Å². The highest BCUT2D eigenvalue weighted by Crippen LogP contribution is 2.02. The molecule has 0 fully saturated rings. The van der Waals surface area contributed by atoms with Gasteiger partial charge >= 0.3 is 0 Å². The van der Waals surface area contributed by atoms with Crippen LogP contribution in [0.1, 0.15) is 36.7 Å². The Hall–Kier alpha value is -1.65. The number of carbonyl (C=O) groups excluding carboxylic acids is 1. The summed E-state index contributed by atoms with van der Waals surface area (Å²) in [4.78, 5) is 18.7. The zero-order chi connectivity index (χ0) is 11.1. The van der Waals surface area contributed by atoms with E-state index in [4.69, 9.17) is 5.73 Å². The summed E-state index contributed by atoms with van der Waals surface area (Å²) < 4.78 is 0. The summed E-state index contributed by atoms with van der Waals surface area (Å²) in [6.45, 7) is 2.98. The second kappa shape index (κ2) is 5.95. The van der Waals surface area contributed by atoms with Crippen molar-refractivity contribution in [2.75, 3.05) is 11.9 Å². The van der Waals surface area contributed by atoms with Gasteiger partial charge in [0.15, 0.2) is 0 Å². The number of nitrogens with one attached hydrogen (secondary N) is 1. The fraction of sp³-hybridized carbons (Fsp3) is 0.500. The van der Waals surface area contributed by atoms with Crippen molar-refractivity contribution in [2.24, 2.45) is 5.73 Å². The van der Waals surface area contributed by atoms with Crippen LogP contribution in [0, 0.1) is 0 Å². The van der Waals surface area contributed by atoms with Gasteiger partial charge in [-0.25, -0.2) is 4.98 Å². The van der Waals surface area contributed by atoms with Gasteiger partial charge in [-0.2, -0.15) is 0 Å². The Labute approximate surface area is 89.1 Å². The van der Waals surface area contributed by atoms with Crippen LogP contribution in [0.2, 0.25) is 0 Å². The first kappa shape index (κ1) is 11.4. The van der Waals surface area contributed by atoms with Crippen LogP contribution in [-0.2, 0) is 0 Å². The Morgan fingerprint density at radius 3 is 2.93 bits per heavy atom. The Kier molecular flexibility index (Phi) is 4.53. The second-order valence-electron chi connectivity index (χ2n) is 3.29. The summed E-state index contributed by atoms with van der Waals surface area (Å²) in [5.74, 6) is 0.0436. The van der Waals surface area contributed by atoms with Crippen LogP contribution in [0.5, 0.6) is 0 Å². The Balaban J connectivity index is 2.47. The van der Waals surface area contributed by atoms with E-state index in [9.17, 15) is 4.79 Å². The van der Waals surface area contributed by atoms with Gasteiger partial charge in [0, 0.05) is 6.54 Å². The number of rotatable bonds is 6. The molecule has 1 rings (SSSR count). The maximum atomic E-state index is 10.8. The van der Waals surface area contributed by atoms with Crippen molar-refractivity contribution in [3.8, 4) is 0 Å². The molecule has 0 aliphatic carbocycles. The Morgan fingerprint density at radius 1 is 1.47 bits per heavy atom. The monoisotopic (exact) mass is 208 g/mol. The van der Waals surface area contributed by atoms with Crippen molar-refractivity contribution in [3.63, 3.8) is 0 Å². The molecule has 0 saturated carbocycles. The Bertz CT molecular complexity index is 327. The molecular weight excluding hydrogens is 192 g/mol. The second-order valence-corrected chi connectivity index (χ2v) is 3.29. The van der Waals surface area contributed by atoms with Crippen molar-refractivity contribution in [2.45, 2.75) is 26.2 Å². The van der Waals surface area contributed by atoms with Crippen molar-refractivity contribution in [1.29, 1.82) is 0 Å². The van der Waals surface area contributed by atoms with E-state index in [2.05, 4.69) is 22.2 Å². The number of nitrogens with two attached hydrogens (primary N) is 1. The molecule has 0 aromatic carbocycles. The van der Waals surface area contributed by atoms with E-state index in [-0.39, 0.29) is 5.69 Å². The third-order valence-corrected chi connectivity index (χ3v) is 1.97. The van der Waals surface area contributed by atoms with Crippen molar-refractivity contribution >= 4 is 11.7 Å². The van der Waals surface area contributed by atoms with E-state index in [1.54, 1.807) is 6.20 Å². The number of aromatic nitrogens is 2.